The van der Waals surface area contributed by atoms with E-state index in [4.69, 9.17) is 5.26 Å². The van der Waals surface area contributed by atoms with Crippen LogP contribution in [0.15, 0.2) is 30.3 Å². The van der Waals surface area contributed by atoms with Crippen LogP contribution in [0.5, 0.6) is 0 Å². The molecule has 1 rings (SSSR count). The Morgan fingerprint density at radius 2 is 1.89 bits per heavy atom. The molecule has 1 amide bonds. The number of nitriles is 2. The van der Waals surface area contributed by atoms with E-state index in [0.717, 1.165) is 0 Å². The minimum Gasteiger partial charge on any atom is -0.338 e. The molecule has 1 aromatic rings. The summed E-state index contributed by atoms with van der Waals surface area (Å²) in [6, 6.07) is 13.1. The highest BCUT2D eigenvalue weighted by Gasteiger charge is 2.27. The monoisotopic (exact) mass is 255 g/mol. The maximum absolute atomic E-state index is 12.4. The van der Waals surface area contributed by atoms with Crippen molar-refractivity contribution >= 4 is 5.91 Å². The van der Waals surface area contributed by atoms with Gasteiger partial charge in [0.2, 0.25) is 5.91 Å². The van der Waals surface area contributed by atoms with Crippen molar-refractivity contribution in [2.45, 2.75) is 32.2 Å². The molecule has 0 spiro atoms. The number of nitrogens with zero attached hydrogens (tertiary/aromatic N) is 3. The highest BCUT2D eigenvalue weighted by atomic mass is 16.2. The second kappa shape index (κ2) is 7.18. The Labute approximate surface area is 113 Å². The van der Waals surface area contributed by atoms with Gasteiger partial charge in [-0.2, -0.15) is 10.5 Å². The molecule has 0 heterocycles. The van der Waals surface area contributed by atoms with Crippen molar-refractivity contribution in [3.05, 3.63) is 35.9 Å². The van der Waals surface area contributed by atoms with E-state index in [1.165, 1.54) is 0 Å². The Hall–Kier alpha value is -2.33. The largest absolute Gasteiger partial charge is 0.338 e. The molecule has 4 nitrogen and oxygen atoms in total. The molecule has 19 heavy (non-hydrogen) atoms. The van der Waals surface area contributed by atoms with Gasteiger partial charge < -0.3 is 4.90 Å². The molecule has 0 fully saturated rings. The third-order valence-corrected chi connectivity index (χ3v) is 2.88. The number of rotatable bonds is 5. The highest BCUT2D eigenvalue weighted by Crippen LogP contribution is 2.19. The van der Waals surface area contributed by atoms with E-state index in [1.54, 1.807) is 17.0 Å². The topological polar surface area (TPSA) is 67.9 Å². The second-order valence-electron chi connectivity index (χ2n) is 4.51. The normalized spacial score (nSPS) is 11.4. The van der Waals surface area contributed by atoms with Crippen molar-refractivity contribution in [1.29, 1.82) is 10.5 Å². The summed E-state index contributed by atoms with van der Waals surface area (Å²) in [4.78, 5) is 14.0. The third-order valence-electron chi connectivity index (χ3n) is 2.88. The van der Waals surface area contributed by atoms with Crippen molar-refractivity contribution in [3.63, 3.8) is 0 Å². The first-order chi connectivity index (χ1) is 9.11. The van der Waals surface area contributed by atoms with Crippen LogP contribution in [0, 0.1) is 22.7 Å². The van der Waals surface area contributed by atoms with Crippen LogP contribution in [-0.2, 0) is 4.79 Å². The van der Waals surface area contributed by atoms with E-state index in [2.05, 4.69) is 6.07 Å². The van der Waals surface area contributed by atoms with Gasteiger partial charge >= 0.3 is 0 Å². The van der Waals surface area contributed by atoms with Crippen LogP contribution in [0.4, 0.5) is 0 Å². The average Bonchev–Trinajstić information content (AvgIpc) is 2.41. The average molecular weight is 255 g/mol. The molecule has 0 aromatic heterocycles. The first kappa shape index (κ1) is 14.7. The van der Waals surface area contributed by atoms with E-state index < -0.39 is 5.92 Å². The van der Waals surface area contributed by atoms with Crippen LogP contribution in [0.3, 0.4) is 0 Å². The Kier molecular flexibility index (Phi) is 5.57. The summed E-state index contributed by atoms with van der Waals surface area (Å²) < 4.78 is 0. The molecule has 0 saturated carbocycles. The maximum atomic E-state index is 12.4. The van der Waals surface area contributed by atoms with Gasteiger partial charge in [-0.05, 0) is 19.4 Å². The van der Waals surface area contributed by atoms with Gasteiger partial charge in [0.05, 0.1) is 18.6 Å². The van der Waals surface area contributed by atoms with Crippen LogP contribution < -0.4 is 0 Å². The molecule has 0 aliphatic rings. The fourth-order valence-corrected chi connectivity index (χ4v) is 1.88. The lowest BCUT2D eigenvalue weighted by molar-refractivity contribution is -0.133. The summed E-state index contributed by atoms with van der Waals surface area (Å²) in [5, 5.41) is 17.9. The van der Waals surface area contributed by atoms with Gasteiger partial charge in [-0.3, -0.25) is 4.79 Å². The van der Waals surface area contributed by atoms with Crippen molar-refractivity contribution in [2.75, 3.05) is 6.54 Å². The fraction of sp³-hybridized carbons (Fsp3) is 0.400. The number of benzene rings is 1. The molecule has 98 valence electrons. The third kappa shape index (κ3) is 3.82. The van der Waals surface area contributed by atoms with Gasteiger partial charge in [0.1, 0.15) is 5.92 Å². The minimum atomic E-state index is -0.803. The summed E-state index contributed by atoms with van der Waals surface area (Å²) >= 11 is 0. The predicted molar refractivity (Wildman–Crippen MR) is 71.9 cm³/mol. The van der Waals surface area contributed by atoms with Gasteiger partial charge in [-0.1, -0.05) is 30.3 Å². The Morgan fingerprint density at radius 3 is 2.37 bits per heavy atom. The van der Waals surface area contributed by atoms with E-state index in [0.29, 0.717) is 12.1 Å². The highest BCUT2D eigenvalue weighted by molar-refractivity contribution is 5.86. The van der Waals surface area contributed by atoms with E-state index >= 15 is 0 Å². The Balaban J connectivity index is 2.95. The van der Waals surface area contributed by atoms with Crippen LogP contribution in [0.1, 0.15) is 31.7 Å². The van der Waals surface area contributed by atoms with Gasteiger partial charge in [0, 0.05) is 12.6 Å². The molecule has 0 saturated heterocycles. The van der Waals surface area contributed by atoms with Crippen LogP contribution in [-0.4, -0.2) is 23.4 Å². The Morgan fingerprint density at radius 1 is 1.26 bits per heavy atom. The number of carbonyl (C=O) groups is 1. The van der Waals surface area contributed by atoms with Gasteiger partial charge in [0.15, 0.2) is 0 Å². The summed E-state index contributed by atoms with van der Waals surface area (Å²) in [6.07, 6.45) is 0.275. The summed E-state index contributed by atoms with van der Waals surface area (Å²) in [6.45, 7) is 4.13. The Bertz CT molecular complexity index is 496. The van der Waals surface area contributed by atoms with Gasteiger partial charge in [-0.25, -0.2) is 0 Å². The van der Waals surface area contributed by atoms with Crippen molar-refractivity contribution in [2.24, 2.45) is 0 Å². The lowest BCUT2D eigenvalue weighted by atomic mass is 9.98. The van der Waals surface area contributed by atoms with Crippen LogP contribution >= 0.6 is 0 Å². The molecule has 1 atom stereocenters. The molecule has 0 radical (unpaired) electrons. The zero-order chi connectivity index (χ0) is 14.3. The number of hydrogen-bond acceptors (Lipinski definition) is 3. The number of carbonyl (C=O) groups excluding carboxylic acids is 1. The molecule has 0 aliphatic heterocycles. The quantitative estimate of drug-likeness (QED) is 0.811. The molecule has 1 aromatic carbocycles. The van der Waals surface area contributed by atoms with E-state index in [1.807, 2.05) is 38.1 Å². The van der Waals surface area contributed by atoms with E-state index in [-0.39, 0.29) is 18.4 Å². The summed E-state index contributed by atoms with van der Waals surface area (Å²) in [5.74, 6) is -1.04. The molecule has 4 heteroatoms. The van der Waals surface area contributed by atoms with Crippen LogP contribution in [0.25, 0.3) is 0 Å². The lowest BCUT2D eigenvalue weighted by Crippen LogP contribution is -2.40. The first-order valence-electron chi connectivity index (χ1n) is 6.23. The summed E-state index contributed by atoms with van der Waals surface area (Å²) in [5.41, 5.74) is 0.692. The smallest absolute Gasteiger partial charge is 0.244 e. The summed E-state index contributed by atoms with van der Waals surface area (Å²) in [7, 11) is 0. The SMILES string of the molecule is CC(C)N(CCC#N)C(=O)C(C#N)c1ccccc1. The fourth-order valence-electron chi connectivity index (χ4n) is 1.88. The minimum absolute atomic E-state index is 0.0274. The first-order valence-corrected chi connectivity index (χ1v) is 6.23. The van der Waals surface area contributed by atoms with Gasteiger partial charge in [0.25, 0.3) is 0 Å². The molecule has 0 N–H and O–H groups in total. The van der Waals surface area contributed by atoms with Gasteiger partial charge in [-0.15, -0.1) is 0 Å². The number of amides is 1. The van der Waals surface area contributed by atoms with Crippen molar-refractivity contribution in [1.82, 2.24) is 4.90 Å². The molecule has 1 unspecified atom stereocenters. The zero-order valence-corrected chi connectivity index (χ0v) is 11.2. The molecular formula is C15H17N3O. The molecular weight excluding hydrogens is 238 g/mol. The molecule has 0 aliphatic carbocycles. The van der Waals surface area contributed by atoms with Crippen molar-refractivity contribution < 1.29 is 4.79 Å². The van der Waals surface area contributed by atoms with E-state index in [9.17, 15) is 10.1 Å². The second-order valence-corrected chi connectivity index (χ2v) is 4.51. The predicted octanol–water partition coefficient (Wildman–Crippen LogP) is 2.44. The zero-order valence-electron chi connectivity index (χ0n) is 11.2. The standard InChI is InChI=1S/C15H17N3O/c1-12(2)18(10-6-9-16)15(19)14(11-17)13-7-4-3-5-8-13/h3-5,7-8,12,14H,6,10H2,1-2H3. The lowest BCUT2D eigenvalue weighted by Gasteiger charge is -2.27. The van der Waals surface area contributed by atoms with Crippen molar-refractivity contribution in [3.8, 4) is 12.1 Å². The van der Waals surface area contributed by atoms with Crippen LogP contribution in [0.2, 0.25) is 0 Å². The maximum Gasteiger partial charge on any atom is 0.244 e. The number of hydrogen-bond donors (Lipinski definition) is 0. The molecule has 0 bridgehead atoms.